The van der Waals surface area contributed by atoms with E-state index in [0.717, 1.165) is 0 Å². The van der Waals surface area contributed by atoms with Gasteiger partial charge in [-0.3, -0.25) is 4.79 Å². The molecule has 0 aromatic heterocycles. The Bertz CT molecular complexity index is 600. The average Bonchev–Trinajstić information content (AvgIpc) is 2.35. The number of sulfonamides is 1. The molecule has 0 bridgehead atoms. The molecule has 0 fully saturated rings. The fraction of sp³-hybridized carbons (Fsp3) is 0.417. The second-order valence-electron chi connectivity index (χ2n) is 4.48. The number of hydrogen-bond acceptors (Lipinski definition) is 4. The van der Waals surface area contributed by atoms with Gasteiger partial charge in [0, 0.05) is 4.47 Å². The van der Waals surface area contributed by atoms with E-state index in [9.17, 15) is 13.2 Å². The van der Waals surface area contributed by atoms with Gasteiger partial charge >= 0.3 is 5.97 Å². The maximum absolute atomic E-state index is 12.3. The number of halogens is 1. The van der Waals surface area contributed by atoms with Gasteiger partial charge in [-0.1, -0.05) is 29.8 Å². The monoisotopic (exact) mass is 365 g/mol. The van der Waals surface area contributed by atoms with E-state index >= 15 is 0 Å². The fourth-order valence-electron chi connectivity index (χ4n) is 1.56. The molecule has 1 rings (SSSR count). The van der Waals surface area contributed by atoms with Crippen molar-refractivity contribution in [1.82, 2.24) is 4.72 Å². The molecule has 0 heterocycles. The third kappa shape index (κ3) is 3.94. The van der Waals surface area contributed by atoms with E-state index in [2.05, 4.69) is 20.7 Å². The smallest absolute Gasteiger partial charge is 0.322 e. The summed E-state index contributed by atoms with van der Waals surface area (Å²) >= 11 is 3.18. The van der Waals surface area contributed by atoms with Gasteiger partial charge in [0.2, 0.25) is 10.0 Å². The Morgan fingerprint density at radius 3 is 2.45 bits per heavy atom. The van der Waals surface area contributed by atoms with Crippen molar-refractivity contribution in [3.63, 3.8) is 0 Å². The lowest BCUT2D eigenvalue weighted by Gasteiger charge is -2.19. The van der Waals surface area contributed by atoms with Crippen LogP contribution in [-0.4, -0.2) is 32.6 Å². The van der Waals surface area contributed by atoms with Crippen LogP contribution in [0.1, 0.15) is 13.8 Å². The third-order valence-electron chi connectivity index (χ3n) is 2.63. The average molecular weight is 366 g/mol. The highest BCUT2D eigenvalue weighted by Crippen LogP contribution is 2.27. The van der Waals surface area contributed by atoms with Gasteiger partial charge in [-0.2, -0.15) is 4.72 Å². The molecule has 1 aromatic carbocycles. The molecule has 1 atom stereocenters. The predicted octanol–water partition coefficient (Wildman–Crippen LogP) is 1.85. The molecule has 0 spiro atoms. The summed E-state index contributed by atoms with van der Waals surface area (Å²) in [7, 11) is -2.65. The molecule has 0 saturated heterocycles. The number of methoxy groups -OCH3 is 1. The third-order valence-corrected chi connectivity index (χ3v) is 4.59. The summed E-state index contributed by atoms with van der Waals surface area (Å²) in [6, 6.07) is 3.28. The highest BCUT2D eigenvalue weighted by Gasteiger charge is 2.29. The van der Waals surface area contributed by atoms with Gasteiger partial charge in [-0.05, 0) is 24.1 Å². The van der Waals surface area contributed by atoms with Crippen molar-refractivity contribution in [1.29, 1.82) is 0 Å². The molecule has 1 aromatic rings. The molecule has 0 aliphatic carbocycles. The van der Waals surface area contributed by atoms with E-state index in [1.165, 1.54) is 19.2 Å². The first-order valence-electron chi connectivity index (χ1n) is 5.77. The van der Waals surface area contributed by atoms with Crippen molar-refractivity contribution in [2.75, 3.05) is 7.11 Å². The van der Waals surface area contributed by atoms with Crippen LogP contribution in [0.4, 0.5) is 0 Å². The Balaban J connectivity index is 3.23. The normalized spacial score (nSPS) is 13.2. The summed E-state index contributed by atoms with van der Waals surface area (Å²) in [5.74, 6) is -1.47. The van der Waals surface area contributed by atoms with E-state index in [1.807, 2.05) is 0 Å². The Morgan fingerprint density at radius 2 is 2.00 bits per heavy atom. The number of ether oxygens (including phenoxy) is 1. The highest BCUT2D eigenvalue weighted by molar-refractivity contribution is 9.10. The fourth-order valence-corrected chi connectivity index (χ4v) is 3.61. The zero-order chi connectivity index (χ0) is 15.5. The van der Waals surface area contributed by atoms with Gasteiger partial charge in [-0.25, -0.2) is 8.42 Å². The van der Waals surface area contributed by atoms with Crippen molar-refractivity contribution in [3.05, 3.63) is 22.7 Å². The lowest BCUT2D eigenvalue weighted by molar-refractivity contribution is -0.140. The molecule has 0 radical (unpaired) electrons. The minimum Gasteiger partial charge on any atom is -0.495 e. The number of rotatable bonds is 6. The molecule has 2 N–H and O–H groups in total. The zero-order valence-electron chi connectivity index (χ0n) is 11.3. The van der Waals surface area contributed by atoms with Crippen LogP contribution in [0.25, 0.3) is 0 Å². The first-order valence-corrected chi connectivity index (χ1v) is 8.05. The zero-order valence-corrected chi connectivity index (χ0v) is 13.7. The SMILES string of the molecule is COc1ccc(Br)cc1S(=O)(=O)N[C@@H](C(=O)O)C(C)C. The van der Waals surface area contributed by atoms with Crippen LogP contribution in [0.5, 0.6) is 5.75 Å². The summed E-state index contributed by atoms with van der Waals surface area (Å²) in [6.45, 7) is 3.25. The second kappa shape index (κ2) is 6.55. The molecule has 112 valence electrons. The van der Waals surface area contributed by atoms with Crippen molar-refractivity contribution in [2.24, 2.45) is 5.92 Å². The Labute approximate surface area is 126 Å². The molecule has 0 unspecified atom stereocenters. The van der Waals surface area contributed by atoms with Gasteiger partial charge in [-0.15, -0.1) is 0 Å². The molecule has 0 amide bonds. The summed E-state index contributed by atoms with van der Waals surface area (Å²) in [6.07, 6.45) is 0. The number of aliphatic carboxylic acids is 1. The van der Waals surface area contributed by atoms with E-state index < -0.39 is 22.0 Å². The van der Waals surface area contributed by atoms with Gasteiger partial charge in [0.05, 0.1) is 7.11 Å². The number of carbonyl (C=O) groups is 1. The Hall–Kier alpha value is -1.12. The van der Waals surface area contributed by atoms with E-state index in [-0.39, 0.29) is 16.6 Å². The van der Waals surface area contributed by atoms with Crippen molar-refractivity contribution in [3.8, 4) is 5.75 Å². The quantitative estimate of drug-likeness (QED) is 0.802. The maximum atomic E-state index is 12.3. The van der Waals surface area contributed by atoms with Crippen LogP contribution in [0.3, 0.4) is 0 Å². The van der Waals surface area contributed by atoms with Crippen LogP contribution in [-0.2, 0) is 14.8 Å². The number of nitrogens with one attached hydrogen (secondary N) is 1. The van der Waals surface area contributed by atoms with Crippen LogP contribution < -0.4 is 9.46 Å². The van der Waals surface area contributed by atoms with Crippen molar-refractivity contribution < 1.29 is 23.1 Å². The molecule has 20 heavy (non-hydrogen) atoms. The van der Waals surface area contributed by atoms with E-state index in [1.54, 1.807) is 19.9 Å². The predicted molar refractivity (Wildman–Crippen MR) is 77.3 cm³/mol. The summed E-state index contributed by atoms with van der Waals surface area (Å²) in [5, 5.41) is 9.07. The summed E-state index contributed by atoms with van der Waals surface area (Å²) in [4.78, 5) is 11.0. The number of carboxylic acids is 1. The topological polar surface area (TPSA) is 92.7 Å². The van der Waals surface area contributed by atoms with E-state index in [0.29, 0.717) is 4.47 Å². The number of carboxylic acid groups (broad SMARTS) is 1. The molecular weight excluding hydrogens is 350 g/mol. The lowest BCUT2D eigenvalue weighted by atomic mass is 10.1. The summed E-state index contributed by atoms with van der Waals surface area (Å²) < 4.78 is 32.4. The highest BCUT2D eigenvalue weighted by atomic mass is 79.9. The first-order chi connectivity index (χ1) is 9.19. The van der Waals surface area contributed by atoms with Gasteiger partial charge < -0.3 is 9.84 Å². The van der Waals surface area contributed by atoms with Gasteiger partial charge in [0.1, 0.15) is 16.7 Å². The van der Waals surface area contributed by atoms with Gasteiger partial charge in [0.15, 0.2) is 0 Å². The largest absolute Gasteiger partial charge is 0.495 e. The standard InChI is InChI=1S/C12H16BrNO5S/c1-7(2)11(12(15)16)14-20(17,18)10-6-8(13)4-5-9(10)19-3/h4-7,11,14H,1-3H3,(H,15,16)/t11-/m1/s1. The molecule has 8 heteroatoms. The first kappa shape index (κ1) is 16.9. The van der Waals surface area contributed by atoms with Crippen LogP contribution in [0, 0.1) is 5.92 Å². The van der Waals surface area contributed by atoms with Crippen LogP contribution in [0.15, 0.2) is 27.6 Å². The Morgan fingerprint density at radius 1 is 1.40 bits per heavy atom. The number of benzene rings is 1. The van der Waals surface area contributed by atoms with Crippen LogP contribution in [0.2, 0.25) is 0 Å². The van der Waals surface area contributed by atoms with Crippen molar-refractivity contribution >= 4 is 31.9 Å². The van der Waals surface area contributed by atoms with Crippen LogP contribution >= 0.6 is 15.9 Å². The van der Waals surface area contributed by atoms with Gasteiger partial charge in [0.25, 0.3) is 0 Å². The molecule has 6 nitrogen and oxygen atoms in total. The lowest BCUT2D eigenvalue weighted by Crippen LogP contribution is -2.44. The number of hydrogen-bond donors (Lipinski definition) is 2. The Kier molecular flexibility index (Phi) is 5.55. The minimum atomic E-state index is -4.00. The molecular formula is C12H16BrNO5S. The molecule has 0 aliphatic rings. The van der Waals surface area contributed by atoms with E-state index in [4.69, 9.17) is 9.84 Å². The summed E-state index contributed by atoms with van der Waals surface area (Å²) in [5.41, 5.74) is 0. The molecule has 0 aliphatic heterocycles. The second-order valence-corrected chi connectivity index (χ2v) is 7.07. The minimum absolute atomic E-state index is 0.110. The maximum Gasteiger partial charge on any atom is 0.322 e. The van der Waals surface area contributed by atoms with Crippen molar-refractivity contribution in [2.45, 2.75) is 24.8 Å². The molecule has 0 saturated carbocycles.